The van der Waals surface area contributed by atoms with Gasteiger partial charge in [0.15, 0.2) is 0 Å². The number of fused-ring (bicyclic) bond motifs is 1. The topological polar surface area (TPSA) is 130 Å². The van der Waals surface area contributed by atoms with E-state index in [1.54, 1.807) is 59.9 Å². The molecular weight excluding hydrogens is 452 g/mol. The van der Waals surface area contributed by atoms with Crippen molar-refractivity contribution >= 4 is 34.0 Å². The van der Waals surface area contributed by atoms with Crippen LogP contribution in [0, 0.1) is 0 Å². The van der Waals surface area contributed by atoms with Gasteiger partial charge in [0.25, 0.3) is 5.91 Å². The summed E-state index contributed by atoms with van der Waals surface area (Å²) in [7, 11) is 0. The number of carbonyl (C=O) groups excluding carboxylic acids is 1. The number of aromatic amines is 1. The van der Waals surface area contributed by atoms with Crippen LogP contribution in [0.1, 0.15) is 28.9 Å². The van der Waals surface area contributed by atoms with Crippen LogP contribution >= 0.6 is 0 Å². The van der Waals surface area contributed by atoms with Crippen molar-refractivity contribution in [1.29, 1.82) is 0 Å². The number of anilines is 1. The third-order valence-corrected chi connectivity index (χ3v) is 7.20. The fraction of sp³-hybridized carbons (Fsp3) is 0.250. The van der Waals surface area contributed by atoms with Gasteiger partial charge in [-0.2, -0.15) is 5.10 Å². The number of aromatic nitrogens is 4. The second-order valence-corrected chi connectivity index (χ2v) is 9.57. The monoisotopic (exact) mass is 476 g/mol. The van der Waals surface area contributed by atoms with Crippen LogP contribution in [-0.2, 0) is 17.8 Å². The number of nitrogens with one attached hydrogen (secondary N) is 2. The Morgan fingerprint density at radius 1 is 1.12 bits per heavy atom. The quantitative estimate of drug-likeness (QED) is 0.365. The first-order valence-corrected chi connectivity index (χ1v) is 12.1. The van der Waals surface area contributed by atoms with Gasteiger partial charge in [-0.05, 0) is 55.3 Å². The highest BCUT2D eigenvalue weighted by Crippen LogP contribution is 2.27. The number of H-pyrrole nitrogens is 1. The molecule has 3 heterocycles. The molecule has 0 aliphatic carbocycles. The third kappa shape index (κ3) is 4.74. The molecule has 10 heteroatoms. The number of hydrogen-bond donors (Lipinski definition) is 3. The Balaban J connectivity index is 1.21. The number of benzene rings is 2. The summed E-state index contributed by atoms with van der Waals surface area (Å²) in [5, 5.41) is 17.7. The van der Waals surface area contributed by atoms with E-state index in [9.17, 15) is 14.5 Å². The van der Waals surface area contributed by atoms with E-state index in [0.29, 0.717) is 59.5 Å². The summed E-state index contributed by atoms with van der Waals surface area (Å²) in [5.41, 5.74) is 2.40. The first kappa shape index (κ1) is 22.3. The van der Waals surface area contributed by atoms with Crippen LogP contribution in [0.2, 0.25) is 0 Å². The number of hydrogen-bond acceptors (Lipinski definition) is 7. The zero-order valence-electron chi connectivity index (χ0n) is 18.3. The van der Waals surface area contributed by atoms with E-state index in [4.69, 9.17) is 0 Å². The average Bonchev–Trinajstić information content (AvgIpc) is 3.36. The van der Waals surface area contributed by atoms with Gasteiger partial charge in [-0.15, -0.1) is 0 Å². The molecule has 1 saturated heterocycles. The number of nitrogens with zero attached hydrogens (tertiary/aromatic N) is 4. The molecule has 2 aromatic heterocycles. The van der Waals surface area contributed by atoms with Gasteiger partial charge in [0.05, 0.1) is 22.5 Å². The lowest BCUT2D eigenvalue weighted by atomic mass is 9.87. The molecule has 174 valence electrons. The number of rotatable bonds is 6. The zero-order valence-corrected chi connectivity index (χ0v) is 19.2. The van der Waals surface area contributed by atoms with Crippen molar-refractivity contribution in [2.75, 3.05) is 17.8 Å². The van der Waals surface area contributed by atoms with E-state index in [1.807, 2.05) is 12.1 Å². The maximum Gasteiger partial charge on any atom is 0.253 e. The lowest BCUT2D eigenvalue weighted by Crippen LogP contribution is -2.47. The van der Waals surface area contributed by atoms with Crippen molar-refractivity contribution in [3.05, 3.63) is 78.4 Å². The van der Waals surface area contributed by atoms with Crippen LogP contribution in [0.3, 0.4) is 0 Å². The third-order valence-electron chi connectivity index (χ3n) is 6.05. The van der Waals surface area contributed by atoms with E-state index in [0.717, 1.165) is 5.69 Å². The fourth-order valence-electron chi connectivity index (χ4n) is 4.17. The van der Waals surface area contributed by atoms with Crippen molar-refractivity contribution in [3.63, 3.8) is 0 Å². The largest absolute Gasteiger partial charge is 0.588 e. The molecular formula is C24H24N6O3S. The highest BCUT2D eigenvalue weighted by Gasteiger charge is 2.34. The molecule has 0 spiro atoms. The number of aliphatic hydroxyl groups is 1. The summed E-state index contributed by atoms with van der Waals surface area (Å²) in [4.78, 5) is 23.8. The molecule has 5 rings (SSSR count). The van der Waals surface area contributed by atoms with Gasteiger partial charge in [-0.1, -0.05) is 6.07 Å². The molecule has 0 saturated carbocycles. The van der Waals surface area contributed by atoms with Gasteiger partial charge in [0, 0.05) is 43.7 Å². The van der Waals surface area contributed by atoms with Crippen molar-refractivity contribution < 1.29 is 14.5 Å². The van der Waals surface area contributed by atoms with Crippen LogP contribution in [0.15, 0.2) is 72.0 Å². The van der Waals surface area contributed by atoms with E-state index < -0.39 is 17.0 Å². The first-order chi connectivity index (χ1) is 16.5. The second kappa shape index (κ2) is 9.41. The molecule has 34 heavy (non-hydrogen) atoms. The number of amides is 1. The van der Waals surface area contributed by atoms with Crippen LogP contribution < -0.4 is 4.72 Å². The molecule has 1 amide bonds. The maximum atomic E-state index is 13.0. The molecule has 0 bridgehead atoms. The summed E-state index contributed by atoms with van der Waals surface area (Å²) < 4.78 is 15.9. The van der Waals surface area contributed by atoms with Gasteiger partial charge >= 0.3 is 0 Å². The number of carbonyl (C=O) groups is 1. The lowest BCUT2D eigenvalue weighted by Gasteiger charge is -2.38. The minimum absolute atomic E-state index is 0.0844. The van der Waals surface area contributed by atoms with Crippen LogP contribution in [-0.4, -0.2) is 59.3 Å². The molecule has 0 radical (unpaired) electrons. The van der Waals surface area contributed by atoms with Crippen LogP contribution in [0.25, 0.3) is 11.0 Å². The van der Waals surface area contributed by atoms with Crippen molar-refractivity contribution in [1.82, 2.24) is 25.1 Å². The van der Waals surface area contributed by atoms with Crippen LogP contribution in [0.5, 0.6) is 0 Å². The lowest BCUT2D eigenvalue weighted by molar-refractivity contribution is -0.0168. The van der Waals surface area contributed by atoms with Gasteiger partial charge in [0.2, 0.25) is 4.90 Å². The molecule has 1 aliphatic rings. The summed E-state index contributed by atoms with van der Waals surface area (Å²) in [6.07, 6.45) is 6.37. The highest BCUT2D eigenvalue weighted by molar-refractivity contribution is 7.93. The van der Waals surface area contributed by atoms with Crippen LogP contribution in [0.4, 0.5) is 5.69 Å². The number of para-hydroxylation sites is 1. The molecule has 4 aromatic rings. The van der Waals surface area contributed by atoms with Crippen molar-refractivity contribution in [2.45, 2.75) is 29.8 Å². The summed E-state index contributed by atoms with van der Waals surface area (Å²) in [6.45, 7) is 0.956. The molecule has 1 aliphatic heterocycles. The Bertz CT molecular complexity index is 1270. The number of piperidine rings is 1. The number of likely N-dealkylation sites (tertiary alicyclic amines) is 1. The van der Waals surface area contributed by atoms with E-state index in [2.05, 4.69) is 24.9 Å². The molecule has 2 aromatic carbocycles. The maximum absolute atomic E-state index is 13.0. The molecule has 1 unspecified atom stereocenters. The minimum Gasteiger partial charge on any atom is -0.588 e. The highest BCUT2D eigenvalue weighted by atomic mass is 32.2. The normalized spacial score (nSPS) is 16.4. The summed E-state index contributed by atoms with van der Waals surface area (Å²) >= 11 is -1.54. The minimum atomic E-state index is -1.54. The van der Waals surface area contributed by atoms with Gasteiger partial charge in [-0.3, -0.25) is 14.9 Å². The van der Waals surface area contributed by atoms with E-state index in [-0.39, 0.29) is 5.91 Å². The van der Waals surface area contributed by atoms with Gasteiger partial charge in [-0.25, -0.2) is 9.71 Å². The summed E-state index contributed by atoms with van der Waals surface area (Å²) in [6, 6.07) is 14.1. The average molecular weight is 477 g/mol. The predicted octanol–water partition coefficient (Wildman–Crippen LogP) is 2.70. The molecule has 1 atom stereocenters. The predicted molar refractivity (Wildman–Crippen MR) is 128 cm³/mol. The Kier molecular flexibility index (Phi) is 6.18. The second-order valence-electron chi connectivity index (χ2n) is 8.39. The SMILES string of the molecule is O=C(c1ccc(N[S+]([O-])c2cccc3nccnc23)cc1)N1CCC(O)(Cc2cc[nH]n2)CC1. The van der Waals surface area contributed by atoms with E-state index in [1.165, 1.54) is 0 Å². The summed E-state index contributed by atoms with van der Waals surface area (Å²) in [5.74, 6) is -0.0844. The standard InChI is InChI=1S/C24H24N6O3S/c31-23(30-14-9-24(32,10-15-30)16-19-8-11-27-28-19)17-4-6-18(7-5-17)29-34(33)21-3-1-2-20-22(21)26-13-12-25-20/h1-8,11-13,29,32H,9-10,14-16H2,(H,27,28). The zero-order chi connectivity index (χ0) is 23.5. The van der Waals surface area contributed by atoms with Gasteiger partial charge in [0.1, 0.15) is 16.9 Å². The molecule has 3 N–H and O–H groups in total. The van der Waals surface area contributed by atoms with Crippen molar-refractivity contribution in [3.8, 4) is 0 Å². The molecule has 1 fully saturated rings. The van der Waals surface area contributed by atoms with E-state index >= 15 is 0 Å². The first-order valence-electron chi connectivity index (χ1n) is 11.0. The Hall–Kier alpha value is -3.47. The Morgan fingerprint density at radius 2 is 1.88 bits per heavy atom. The smallest absolute Gasteiger partial charge is 0.253 e. The fourth-order valence-corrected chi connectivity index (χ4v) is 5.17. The van der Waals surface area contributed by atoms with Gasteiger partial charge < -0.3 is 14.6 Å². The Morgan fingerprint density at radius 3 is 2.62 bits per heavy atom. The van der Waals surface area contributed by atoms with Crippen molar-refractivity contribution in [2.24, 2.45) is 0 Å². The molecule has 9 nitrogen and oxygen atoms in total. The Labute approximate surface area is 199 Å².